The molecule has 3 N–H and O–H groups in total. The van der Waals surface area contributed by atoms with Gasteiger partial charge in [-0.15, -0.1) is 10.2 Å². The summed E-state index contributed by atoms with van der Waals surface area (Å²) in [6, 6.07) is 9.98. The number of nitrogens with zero attached hydrogens (tertiary/aromatic N) is 2. The van der Waals surface area contributed by atoms with E-state index in [1.54, 1.807) is 0 Å². The molecule has 6 nitrogen and oxygen atoms in total. The number of Topliss-reactive ketones (excluding diaryl/α,β-unsaturated/α-hetero) is 1. The quantitative estimate of drug-likeness (QED) is 0.429. The molecule has 0 bridgehead atoms. The van der Waals surface area contributed by atoms with Crippen LogP contribution in [-0.4, -0.2) is 31.9 Å². The van der Waals surface area contributed by atoms with Crippen molar-refractivity contribution >= 4 is 39.7 Å². The Hall–Kier alpha value is -2.58. The maximum Gasteiger partial charge on any atom is 0.210 e. The fourth-order valence-electron chi connectivity index (χ4n) is 2.22. The fourth-order valence-corrected chi connectivity index (χ4v) is 3.88. The van der Waals surface area contributed by atoms with E-state index >= 15 is 0 Å². The largest absolute Gasteiger partial charge is 0.508 e. The van der Waals surface area contributed by atoms with Crippen molar-refractivity contribution < 1.29 is 15.0 Å². The zero-order valence-electron chi connectivity index (χ0n) is 14.2. The Kier molecular flexibility index (Phi) is 5.43. The summed E-state index contributed by atoms with van der Waals surface area (Å²) >= 11 is 2.61. The third-order valence-electron chi connectivity index (χ3n) is 3.77. The van der Waals surface area contributed by atoms with Gasteiger partial charge in [0.2, 0.25) is 5.13 Å². The number of carbonyl (C=O) groups is 1. The molecular formula is C18H17N3O3S2. The molecule has 2 aromatic carbocycles. The van der Waals surface area contributed by atoms with E-state index in [9.17, 15) is 15.0 Å². The number of hydrogen-bond acceptors (Lipinski definition) is 8. The van der Waals surface area contributed by atoms with Gasteiger partial charge in [0.05, 0.1) is 11.3 Å². The molecule has 0 radical (unpaired) electrons. The van der Waals surface area contributed by atoms with E-state index in [1.165, 1.54) is 46.4 Å². The van der Waals surface area contributed by atoms with Crippen molar-refractivity contribution in [2.75, 3.05) is 11.1 Å². The predicted molar refractivity (Wildman–Crippen MR) is 104 cm³/mol. The third kappa shape index (κ3) is 4.33. The van der Waals surface area contributed by atoms with E-state index < -0.39 is 0 Å². The van der Waals surface area contributed by atoms with Crippen LogP contribution in [0.25, 0.3) is 0 Å². The Morgan fingerprint density at radius 1 is 1.12 bits per heavy atom. The van der Waals surface area contributed by atoms with Crippen molar-refractivity contribution in [2.45, 2.75) is 18.2 Å². The van der Waals surface area contributed by atoms with Crippen molar-refractivity contribution in [3.63, 3.8) is 0 Å². The van der Waals surface area contributed by atoms with Crippen LogP contribution in [0.3, 0.4) is 0 Å². The number of benzene rings is 2. The molecule has 0 atom stereocenters. The van der Waals surface area contributed by atoms with Crippen LogP contribution in [0.5, 0.6) is 11.5 Å². The average Bonchev–Trinajstić information content (AvgIpc) is 3.03. The van der Waals surface area contributed by atoms with Gasteiger partial charge in [0, 0.05) is 11.8 Å². The highest BCUT2D eigenvalue weighted by molar-refractivity contribution is 8.01. The zero-order chi connectivity index (χ0) is 18.7. The Labute approximate surface area is 158 Å². The molecule has 0 saturated heterocycles. The van der Waals surface area contributed by atoms with Crippen LogP contribution in [0.4, 0.5) is 10.8 Å². The molecule has 1 aromatic heterocycles. The number of phenolic OH excluding ortho intramolecular Hbond substituents is 2. The van der Waals surface area contributed by atoms with Gasteiger partial charge in [-0.3, -0.25) is 4.79 Å². The molecule has 3 aromatic rings. The normalized spacial score (nSPS) is 10.7. The summed E-state index contributed by atoms with van der Waals surface area (Å²) in [6.07, 6.45) is 0. The molecule has 0 aliphatic rings. The van der Waals surface area contributed by atoms with Crippen LogP contribution < -0.4 is 5.32 Å². The first-order valence-electron chi connectivity index (χ1n) is 7.78. The van der Waals surface area contributed by atoms with Gasteiger partial charge in [-0.05, 0) is 49.2 Å². The summed E-state index contributed by atoms with van der Waals surface area (Å²) in [4.78, 5) is 12.2. The number of carbonyl (C=O) groups excluding carboxylic acids is 1. The highest BCUT2D eigenvalue weighted by atomic mass is 32.2. The molecule has 0 amide bonds. The molecule has 0 fully saturated rings. The molecule has 0 unspecified atom stereocenters. The molecular weight excluding hydrogens is 370 g/mol. The lowest BCUT2D eigenvalue weighted by atomic mass is 10.1. The second kappa shape index (κ2) is 7.76. The molecule has 134 valence electrons. The molecule has 0 spiro atoms. The van der Waals surface area contributed by atoms with Crippen LogP contribution in [0.15, 0.2) is 40.7 Å². The highest BCUT2D eigenvalue weighted by Gasteiger charge is 2.14. The molecule has 8 heteroatoms. The number of aromatic hydroxyl groups is 2. The summed E-state index contributed by atoms with van der Waals surface area (Å²) in [5.41, 5.74) is 3.52. The monoisotopic (exact) mass is 387 g/mol. The van der Waals surface area contributed by atoms with Gasteiger partial charge in [0.15, 0.2) is 10.1 Å². The number of ketones is 1. The van der Waals surface area contributed by atoms with E-state index in [2.05, 4.69) is 22.4 Å². The van der Waals surface area contributed by atoms with Gasteiger partial charge in [-0.1, -0.05) is 29.2 Å². The van der Waals surface area contributed by atoms with Gasteiger partial charge >= 0.3 is 0 Å². The zero-order valence-corrected chi connectivity index (χ0v) is 15.8. The van der Waals surface area contributed by atoms with Gasteiger partial charge in [-0.2, -0.15) is 0 Å². The summed E-state index contributed by atoms with van der Waals surface area (Å²) in [6.45, 7) is 4.11. The van der Waals surface area contributed by atoms with Gasteiger partial charge < -0.3 is 15.5 Å². The maximum absolute atomic E-state index is 12.2. The molecule has 26 heavy (non-hydrogen) atoms. The Bertz CT molecular complexity index is 957. The Morgan fingerprint density at radius 2 is 1.92 bits per heavy atom. The second-order valence-corrected chi connectivity index (χ2v) is 7.91. The lowest BCUT2D eigenvalue weighted by Crippen LogP contribution is -2.02. The van der Waals surface area contributed by atoms with Crippen molar-refractivity contribution in [1.82, 2.24) is 10.2 Å². The lowest BCUT2D eigenvalue weighted by molar-refractivity contribution is 0.102. The number of rotatable bonds is 6. The number of anilines is 2. The van der Waals surface area contributed by atoms with Crippen molar-refractivity contribution in [1.29, 1.82) is 0 Å². The summed E-state index contributed by atoms with van der Waals surface area (Å²) in [5, 5.41) is 31.0. The average molecular weight is 387 g/mol. The predicted octanol–water partition coefficient (Wildman–Crippen LogP) is 4.28. The van der Waals surface area contributed by atoms with Gasteiger partial charge in [-0.25, -0.2) is 0 Å². The third-order valence-corrected chi connectivity index (χ3v) is 5.75. The summed E-state index contributed by atoms with van der Waals surface area (Å²) in [7, 11) is 0. The van der Waals surface area contributed by atoms with Gasteiger partial charge in [0.25, 0.3) is 0 Å². The van der Waals surface area contributed by atoms with E-state index in [0.29, 0.717) is 9.47 Å². The van der Waals surface area contributed by atoms with Crippen LogP contribution in [0, 0.1) is 13.8 Å². The molecule has 0 saturated carbocycles. The Balaban J connectivity index is 1.61. The SMILES string of the molecule is Cc1ccc(Nc2nnc(SCC(=O)c3ccc(O)cc3O)s2)cc1C. The smallest absolute Gasteiger partial charge is 0.210 e. The minimum absolute atomic E-state index is 0.0853. The van der Waals surface area contributed by atoms with E-state index in [4.69, 9.17) is 0 Å². The number of aryl methyl sites for hydroxylation is 2. The van der Waals surface area contributed by atoms with E-state index in [1.807, 2.05) is 25.1 Å². The maximum atomic E-state index is 12.2. The molecule has 3 rings (SSSR count). The summed E-state index contributed by atoms with van der Waals surface area (Å²) < 4.78 is 0.656. The standard InChI is InChI=1S/C18H17N3O3S2/c1-10-3-4-12(7-11(10)2)19-17-20-21-18(26-17)25-9-16(24)14-6-5-13(22)8-15(14)23/h3-8,22-23H,9H2,1-2H3,(H,19,20). The van der Waals surface area contributed by atoms with Gasteiger partial charge in [0.1, 0.15) is 11.5 Å². The number of hydrogen-bond donors (Lipinski definition) is 3. The number of thioether (sulfide) groups is 1. The highest BCUT2D eigenvalue weighted by Crippen LogP contribution is 2.30. The topological polar surface area (TPSA) is 95.3 Å². The van der Waals surface area contributed by atoms with Crippen molar-refractivity contribution in [3.05, 3.63) is 53.1 Å². The van der Waals surface area contributed by atoms with E-state index in [0.717, 1.165) is 11.8 Å². The number of aromatic nitrogens is 2. The molecule has 1 heterocycles. The minimum Gasteiger partial charge on any atom is -0.508 e. The minimum atomic E-state index is -0.244. The second-order valence-electron chi connectivity index (χ2n) is 5.71. The van der Waals surface area contributed by atoms with Crippen molar-refractivity contribution in [3.8, 4) is 11.5 Å². The fraction of sp³-hybridized carbons (Fsp3) is 0.167. The first-order valence-corrected chi connectivity index (χ1v) is 9.58. The van der Waals surface area contributed by atoms with Crippen LogP contribution in [-0.2, 0) is 0 Å². The lowest BCUT2D eigenvalue weighted by Gasteiger charge is -2.05. The number of phenols is 2. The van der Waals surface area contributed by atoms with Crippen molar-refractivity contribution in [2.24, 2.45) is 0 Å². The van der Waals surface area contributed by atoms with Crippen LogP contribution >= 0.6 is 23.1 Å². The number of nitrogens with one attached hydrogen (secondary N) is 1. The molecule has 0 aliphatic heterocycles. The van der Waals surface area contributed by atoms with Crippen LogP contribution in [0.1, 0.15) is 21.5 Å². The van der Waals surface area contributed by atoms with E-state index in [-0.39, 0.29) is 28.6 Å². The van der Waals surface area contributed by atoms with Crippen LogP contribution in [0.2, 0.25) is 0 Å². The molecule has 0 aliphatic carbocycles. The first kappa shape index (κ1) is 18.2. The Morgan fingerprint density at radius 3 is 2.65 bits per heavy atom. The summed E-state index contributed by atoms with van der Waals surface area (Å²) in [5.74, 6) is -0.439. The first-order chi connectivity index (χ1) is 12.4.